The molecule has 2 atom stereocenters. The van der Waals surface area contributed by atoms with Crippen molar-refractivity contribution in [1.29, 1.82) is 0 Å². The van der Waals surface area contributed by atoms with Gasteiger partial charge in [-0.25, -0.2) is 0 Å². The van der Waals surface area contributed by atoms with Gasteiger partial charge in [0.2, 0.25) is 0 Å². The van der Waals surface area contributed by atoms with E-state index in [1.165, 1.54) is 0 Å². The van der Waals surface area contributed by atoms with E-state index in [0.717, 1.165) is 49.8 Å². The number of nitrogens with zero attached hydrogens (tertiary/aromatic N) is 1. The van der Waals surface area contributed by atoms with E-state index in [9.17, 15) is 19.0 Å². The highest BCUT2D eigenvalue weighted by Gasteiger charge is 2.29. The average molecular weight is 561 g/mol. The Labute approximate surface area is 236 Å². The van der Waals surface area contributed by atoms with Crippen molar-refractivity contribution in [2.45, 2.75) is 83.9 Å². The van der Waals surface area contributed by atoms with Gasteiger partial charge in [0.05, 0.1) is 23.6 Å². The minimum Gasteiger partial charge on any atom is -0.390 e. The van der Waals surface area contributed by atoms with Crippen LogP contribution in [0, 0.1) is 0 Å². The van der Waals surface area contributed by atoms with Crippen LogP contribution in [0.5, 0.6) is 0 Å². The van der Waals surface area contributed by atoms with Crippen molar-refractivity contribution in [1.82, 2.24) is 10.6 Å². The van der Waals surface area contributed by atoms with Gasteiger partial charge >= 0.3 is 0 Å². The van der Waals surface area contributed by atoms with Crippen LogP contribution < -0.4 is 20.3 Å². The lowest BCUT2D eigenvalue weighted by Crippen LogP contribution is -2.50. The predicted octanol–water partition coefficient (Wildman–Crippen LogP) is 5.64. The van der Waals surface area contributed by atoms with E-state index in [2.05, 4.69) is 29.8 Å². The summed E-state index contributed by atoms with van der Waals surface area (Å²) in [5.41, 5.74) is 2.80. The number of amides is 1. The number of carbonyl (C=O) groups is 1. The van der Waals surface area contributed by atoms with E-state index in [1.807, 2.05) is 43.3 Å². The fourth-order valence-corrected chi connectivity index (χ4v) is 6.85. The van der Waals surface area contributed by atoms with Gasteiger partial charge in [-0.15, -0.1) is 10.8 Å². The number of carbonyl (C=O) groups excluding carboxylic acids is 1. The van der Waals surface area contributed by atoms with Crippen molar-refractivity contribution < 1.29 is 19.0 Å². The van der Waals surface area contributed by atoms with Crippen molar-refractivity contribution in [2.24, 2.45) is 0 Å². The number of hydrogen-bond donors (Lipinski definition) is 6. The molecule has 39 heavy (non-hydrogen) atoms. The van der Waals surface area contributed by atoms with Crippen LogP contribution in [0.15, 0.2) is 48.5 Å². The SMILES string of the molecule is CCCC(CCC)NCC(O)C(Cc1ccccc1)NC(=O)c1cc(NCC)cc(N2CCCCS2(O)O)c1. The first-order valence-electron chi connectivity index (χ1n) is 14.5. The summed E-state index contributed by atoms with van der Waals surface area (Å²) in [6, 6.07) is 15.1. The minimum atomic E-state index is -2.93. The van der Waals surface area contributed by atoms with Crippen molar-refractivity contribution in [3.8, 4) is 0 Å². The highest BCUT2D eigenvalue weighted by Crippen LogP contribution is 2.50. The summed E-state index contributed by atoms with van der Waals surface area (Å²) < 4.78 is 23.0. The molecule has 1 amide bonds. The fourth-order valence-electron chi connectivity index (χ4n) is 5.18. The number of rotatable bonds is 15. The second-order valence-electron chi connectivity index (χ2n) is 10.5. The van der Waals surface area contributed by atoms with Crippen LogP contribution in [-0.4, -0.2) is 63.7 Å². The van der Waals surface area contributed by atoms with Gasteiger partial charge in [-0.3, -0.25) is 18.2 Å². The van der Waals surface area contributed by atoms with Gasteiger partial charge in [0, 0.05) is 36.9 Å². The van der Waals surface area contributed by atoms with Crippen LogP contribution in [0.3, 0.4) is 0 Å². The summed E-state index contributed by atoms with van der Waals surface area (Å²) >= 11 is 0. The Balaban J connectivity index is 1.83. The molecule has 3 rings (SSSR count). The lowest BCUT2D eigenvalue weighted by Gasteiger charge is -2.47. The Kier molecular flexibility index (Phi) is 12.4. The molecule has 1 aliphatic rings. The Morgan fingerprint density at radius 1 is 1.03 bits per heavy atom. The Bertz CT molecular complexity index is 1020. The molecule has 2 unspecified atom stereocenters. The van der Waals surface area contributed by atoms with Crippen LogP contribution in [0.4, 0.5) is 11.4 Å². The molecule has 0 aliphatic carbocycles. The van der Waals surface area contributed by atoms with Crippen LogP contribution in [0.2, 0.25) is 0 Å². The van der Waals surface area contributed by atoms with E-state index >= 15 is 0 Å². The van der Waals surface area contributed by atoms with Gasteiger partial charge in [0.15, 0.2) is 0 Å². The zero-order chi connectivity index (χ0) is 28.3. The highest BCUT2D eigenvalue weighted by molar-refractivity contribution is 8.25. The molecule has 0 saturated carbocycles. The molecular formula is C30H48N4O4S. The molecule has 8 nitrogen and oxygen atoms in total. The third kappa shape index (κ3) is 9.39. The third-order valence-corrected chi connectivity index (χ3v) is 9.14. The Morgan fingerprint density at radius 2 is 1.74 bits per heavy atom. The molecule has 0 radical (unpaired) electrons. The second-order valence-corrected chi connectivity index (χ2v) is 12.6. The number of aliphatic hydroxyl groups excluding tert-OH is 1. The van der Waals surface area contributed by atoms with Crippen LogP contribution in [-0.2, 0) is 6.42 Å². The van der Waals surface area contributed by atoms with Gasteiger partial charge < -0.3 is 21.1 Å². The van der Waals surface area contributed by atoms with E-state index in [-0.39, 0.29) is 5.91 Å². The predicted molar refractivity (Wildman–Crippen MR) is 164 cm³/mol. The molecule has 6 N–H and O–H groups in total. The maximum Gasteiger partial charge on any atom is 0.251 e. The summed E-state index contributed by atoms with van der Waals surface area (Å²) in [4.78, 5) is 13.6. The highest BCUT2D eigenvalue weighted by atomic mass is 32.3. The van der Waals surface area contributed by atoms with Gasteiger partial charge in [0.1, 0.15) is 0 Å². The zero-order valence-corrected chi connectivity index (χ0v) is 24.6. The maximum absolute atomic E-state index is 13.6. The molecular weight excluding hydrogens is 512 g/mol. The summed E-state index contributed by atoms with van der Waals surface area (Å²) in [6.07, 6.45) is 5.58. The van der Waals surface area contributed by atoms with Gasteiger partial charge in [0.25, 0.3) is 5.91 Å². The smallest absolute Gasteiger partial charge is 0.251 e. The van der Waals surface area contributed by atoms with Gasteiger partial charge in [-0.2, -0.15) is 0 Å². The molecule has 1 heterocycles. The molecule has 1 aliphatic heterocycles. The quantitative estimate of drug-likeness (QED) is 0.167. The normalized spacial score (nSPS) is 17.5. The third-order valence-electron chi connectivity index (χ3n) is 7.20. The Morgan fingerprint density at radius 3 is 2.38 bits per heavy atom. The van der Waals surface area contributed by atoms with E-state index < -0.39 is 22.9 Å². The summed E-state index contributed by atoms with van der Waals surface area (Å²) in [7, 11) is -2.93. The monoisotopic (exact) mass is 560 g/mol. The average Bonchev–Trinajstić information content (AvgIpc) is 2.91. The number of benzene rings is 2. The first-order valence-corrected chi connectivity index (χ1v) is 16.1. The molecule has 2 aromatic rings. The van der Waals surface area contributed by atoms with Crippen LogP contribution in [0.25, 0.3) is 0 Å². The lowest BCUT2D eigenvalue weighted by molar-refractivity contribution is 0.0823. The molecule has 1 saturated heterocycles. The topological polar surface area (TPSA) is 117 Å². The molecule has 1 fully saturated rings. The molecule has 0 spiro atoms. The zero-order valence-electron chi connectivity index (χ0n) is 23.7. The molecule has 0 aromatic heterocycles. The summed E-state index contributed by atoms with van der Waals surface area (Å²) in [5, 5.41) is 21.1. The largest absolute Gasteiger partial charge is 0.390 e. The number of hydrogen-bond acceptors (Lipinski definition) is 7. The molecule has 9 heteroatoms. The molecule has 0 bridgehead atoms. The van der Waals surface area contributed by atoms with Crippen LogP contribution >= 0.6 is 10.8 Å². The van der Waals surface area contributed by atoms with Crippen LogP contribution in [0.1, 0.15) is 75.2 Å². The van der Waals surface area contributed by atoms with Gasteiger partial charge in [-0.05, 0) is 62.8 Å². The van der Waals surface area contributed by atoms with Crippen molar-refractivity contribution >= 4 is 28.1 Å². The standard InChI is InChI=1S/C30H48N4O4S/c1-4-12-25(13-5-2)32-22-29(35)28(18-23-14-8-7-9-15-23)33-30(36)24-19-26(31-6-3)21-27(20-24)34-16-10-11-17-39(34,37)38/h7-9,14-15,19-21,25,28-29,31-32,35,37-38H,4-6,10-13,16-18,22H2,1-3H3,(H,33,36). The molecule has 218 valence electrons. The van der Waals surface area contributed by atoms with E-state index in [4.69, 9.17) is 0 Å². The first kappa shape index (κ1) is 31.2. The van der Waals surface area contributed by atoms with Crippen molar-refractivity contribution in [3.05, 3.63) is 59.7 Å². The number of anilines is 2. The fraction of sp³-hybridized carbons (Fsp3) is 0.567. The van der Waals surface area contributed by atoms with Gasteiger partial charge in [-0.1, -0.05) is 57.0 Å². The molecule has 2 aromatic carbocycles. The maximum atomic E-state index is 13.6. The second kappa shape index (κ2) is 15.5. The number of nitrogens with one attached hydrogen (secondary N) is 3. The summed E-state index contributed by atoms with van der Waals surface area (Å²) in [5.74, 6) is 0.0261. The first-order chi connectivity index (χ1) is 18.8. The Hall–Kier alpha value is -2.30. The van der Waals surface area contributed by atoms with Crippen molar-refractivity contribution in [3.63, 3.8) is 0 Å². The van der Waals surface area contributed by atoms with E-state index in [1.54, 1.807) is 16.4 Å². The van der Waals surface area contributed by atoms with E-state index in [0.29, 0.717) is 49.1 Å². The minimum absolute atomic E-state index is 0.303. The lowest BCUT2D eigenvalue weighted by atomic mass is 9.99. The van der Waals surface area contributed by atoms with Crippen molar-refractivity contribution in [2.75, 3.05) is 35.0 Å². The number of aliphatic hydroxyl groups is 1. The summed E-state index contributed by atoms with van der Waals surface area (Å²) in [6.45, 7) is 7.88.